The summed E-state index contributed by atoms with van der Waals surface area (Å²) < 4.78 is 20.6. The quantitative estimate of drug-likeness (QED) is 0.606. The van der Waals surface area contributed by atoms with Crippen LogP contribution in [0.15, 0.2) is 30.5 Å². The average Bonchev–Trinajstić information content (AvgIpc) is 2.88. The first-order chi connectivity index (χ1) is 10.2. The molecule has 5 nitrogen and oxygen atoms in total. The van der Waals surface area contributed by atoms with Crippen molar-refractivity contribution >= 4 is 0 Å². The van der Waals surface area contributed by atoms with E-state index in [1.807, 2.05) is 10.7 Å². The summed E-state index contributed by atoms with van der Waals surface area (Å²) in [6.45, 7) is 2.86. The van der Waals surface area contributed by atoms with Crippen LogP contribution in [-0.2, 0) is 13.0 Å². The van der Waals surface area contributed by atoms with E-state index >= 15 is 0 Å². The number of aromatic nitrogens is 2. The van der Waals surface area contributed by atoms with E-state index in [-0.39, 0.29) is 11.9 Å². The summed E-state index contributed by atoms with van der Waals surface area (Å²) in [5, 5.41) is 4.33. The third-order valence-electron chi connectivity index (χ3n) is 3.36. The third kappa shape index (κ3) is 3.59. The Morgan fingerprint density at radius 1 is 1.48 bits per heavy atom. The molecule has 1 atom stereocenters. The largest absolute Gasteiger partial charge is 0.493 e. The van der Waals surface area contributed by atoms with Gasteiger partial charge in [0.2, 0.25) is 0 Å². The van der Waals surface area contributed by atoms with Gasteiger partial charge < -0.3 is 4.74 Å². The van der Waals surface area contributed by atoms with Gasteiger partial charge in [0.25, 0.3) is 0 Å². The van der Waals surface area contributed by atoms with Crippen molar-refractivity contribution in [2.75, 3.05) is 7.11 Å². The lowest BCUT2D eigenvalue weighted by Crippen LogP contribution is -2.31. The Kier molecular flexibility index (Phi) is 5.30. The zero-order chi connectivity index (χ0) is 15.2. The number of rotatable bonds is 7. The number of hydrogen-bond acceptors (Lipinski definition) is 4. The Balaban J connectivity index is 2.30. The average molecular weight is 292 g/mol. The van der Waals surface area contributed by atoms with Gasteiger partial charge in [-0.1, -0.05) is 19.1 Å². The Morgan fingerprint density at radius 3 is 2.90 bits per heavy atom. The van der Waals surface area contributed by atoms with E-state index in [2.05, 4.69) is 17.4 Å². The maximum Gasteiger partial charge on any atom is 0.161 e. The molecule has 0 aliphatic heterocycles. The van der Waals surface area contributed by atoms with Crippen molar-refractivity contribution in [3.8, 4) is 5.75 Å². The molecule has 1 heterocycles. The number of hydrazine groups is 1. The Labute approximate surface area is 123 Å². The molecule has 2 rings (SSSR count). The van der Waals surface area contributed by atoms with Crippen molar-refractivity contribution in [2.45, 2.75) is 32.4 Å². The van der Waals surface area contributed by atoms with Crippen LogP contribution in [0.1, 0.15) is 30.6 Å². The second-order valence-corrected chi connectivity index (χ2v) is 4.87. The van der Waals surface area contributed by atoms with Gasteiger partial charge >= 0.3 is 0 Å². The molecule has 0 fully saturated rings. The molecule has 2 aromatic rings. The van der Waals surface area contributed by atoms with E-state index in [1.165, 1.54) is 12.1 Å². The number of methoxy groups -OCH3 is 1. The van der Waals surface area contributed by atoms with E-state index < -0.39 is 0 Å². The van der Waals surface area contributed by atoms with Gasteiger partial charge in [-0.3, -0.25) is 16.0 Å². The molecular formula is C15H21FN4O. The van der Waals surface area contributed by atoms with Gasteiger partial charge in [0.05, 0.1) is 25.0 Å². The van der Waals surface area contributed by atoms with Gasteiger partial charge in [-0.25, -0.2) is 4.39 Å². The first-order valence-corrected chi connectivity index (χ1v) is 6.99. The molecule has 0 radical (unpaired) electrons. The normalized spacial score (nSPS) is 12.4. The first-order valence-electron chi connectivity index (χ1n) is 6.99. The molecule has 114 valence electrons. The number of nitrogens with one attached hydrogen (secondary N) is 1. The molecule has 3 N–H and O–H groups in total. The number of ether oxygens (including phenoxy) is 1. The monoisotopic (exact) mass is 292 g/mol. The van der Waals surface area contributed by atoms with Crippen LogP contribution >= 0.6 is 0 Å². The summed E-state index contributed by atoms with van der Waals surface area (Å²) >= 11 is 0. The molecule has 1 aromatic carbocycles. The standard InChI is InChI=1S/C15H21FN4O/c1-3-7-20-15(14(21-2)10-18-20)13(19-17)9-11-5-4-6-12(16)8-11/h4-6,8,10,13,19H,3,7,9,17H2,1-2H3. The molecule has 0 aliphatic rings. The van der Waals surface area contributed by atoms with Crippen LogP contribution in [0, 0.1) is 5.82 Å². The lowest BCUT2D eigenvalue weighted by molar-refractivity contribution is 0.389. The number of aryl methyl sites for hydroxylation is 1. The highest BCUT2D eigenvalue weighted by Crippen LogP contribution is 2.27. The van der Waals surface area contributed by atoms with Gasteiger partial charge in [-0.15, -0.1) is 0 Å². The topological polar surface area (TPSA) is 65.1 Å². The number of nitrogens with two attached hydrogens (primary N) is 1. The second-order valence-electron chi connectivity index (χ2n) is 4.87. The van der Waals surface area contributed by atoms with Gasteiger partial charge in [0.1, 0.15) is 5.82 Å². The number of benzene rings is 1. The predicted octanol–water partition coefficient (Wildman–Crippen LogP) is 2.19. The number of nitrogens with zero attached hydrogens (tertiary/aromatic N) is 2. The number of halogens is 1. The third-order valence-corrected chi connectivity index (χ3v) is 3.36. The molecule has 0 spiro atoms. The number of hydrogen-bond donors (Lipinski definition) is 2. The molecule has 0 saturated carbocycles. The SMILES string of the molecule is CCCn1ncc(OC)c1C(Cc1cccc(F)c1)NN. The molecule has 21 heavy (non-hydrogen) atoms. The molecule has 0 amide bonds. The van der Waals surface area contributed by atoms with E-state index in [0.29, 0.717) is 12.2 Å². The lowest BCUT2D eigenvalue weighted by Gasteiger charge is -2.19. The maximum atomic E-state index is 13.3. The van der Waals surface area contributed by atoms with Crippen molar-refractivity contribution in [1.29, 1.82) is 0 Å². The Bertz CT molecular complexity index is 585. The van der Waals surface area contributed by atoms with Crippen molar-refractivity contribution in [3.63, 3.8) is 0 Å². The molecular weight excluding hydrogens is 271 g/mol. The first kappa shape index (κ1) is 15.5. The summed E-state index contributed by atoms with van der Waals surface area (Å²) in [6.07, 6.45) is 3.19. The van der Waals surface area contributed by atoms with Crippen molar-refractivity contribution in [2.24, 2.45) is 5.84 Å². The van der Waals surface area contributed by atoms with E-state index in [4.69, 9.17) is 10.6 Å². The second kappa shape index (κ2) is 7.19. The summed E-state index contributed by atoms with van der Waals surface area (Å²) in [7, 11) is 1.60. The van der Waals surface area contributed by atoms with E-state index in [0.717, 1.165) is 24.2 Å². The summed E-state index contributed by atoms with van der Waals surface area (Å²) in [5.41, 5.74) is 4.53. The highest BCUT2D eigenvalue weighted by Gasteiger charge is 2.21. The van der Waals surface area contributed by atoms with Crippen molar-refractivity contribution in [1.82, 2.24) is 15.2 Å². The van der Waals surface area contributed by atoms with E-state index in [9.17, 15) is 4.39 Å². The van der Waals surface area contributed by atoms with Crippen LogP contribution in [0.25, 0.3) is 0 Å². The predicted molar refractivity (Wildman–Crippen MR) is 79.2 cm³/mol. The van der Waals surface area contributed by atoms with E-state index in [1.54, 1.807) is 19.4 Å². The minimum Gasteiger partial charge on any atom is -0.493 e. The molecule has 1 unspecified atom stereocenters. The van der Waals surface area contributed by atoms with Crippen molar-refractivity contribution in [3.05, 3.63) is 47.5 Å². The minimum atomic E-state index is -0.252. The summed E-state index contributed by atoms with van der Waals surface area (Å²) in [4.78, 5) is 0. The van der Waals surface area contributed by atoms with Gasteiger partial charge in [-0.05, 0) is 30.5 Å². The molecule has 6 heteroatoms. The van der Waals surface area contributed by atoms with Gasteiger partial charge in [-0.2, -0.15) is 5.10 Å². The van der Waals surface area contributed by atoms with Crippen LogP contribution in [0.5, 0.6) is 5.75 Å². The highest BCUT2D eigenvalue weighted by molar-refractivity contribution is 5.30. The Hall–Kier alpha value is -1.92. The minimum absolute atomic E-state index is 0.198. The van der Waals surface area contributed by atoms with Crippen LogP contribution in [-0.4, -0.2) is 16.9 Å². The van der Waals surface area contributed by atoms with Crippen LogP contribution < -0.4 is 16.0 Å². The van der Waals surface area contributed by atoms with Crippen LogP contribution in [0.2, 0.25) is 0 Å². The maximum absolute atomic E-state index is 13.3. The van der Waals surface area contributed by atoms with Gasteiger partial charge in [0, 0.05) is 6.54 Å². The van der Waals surface area contributed by atoms with Gasteiger partial charge in [0.15, 0.2) is 5.75 Å². The fourth-order valence-electron chi connectivity index (χ4n) is 2.41. The van der Waals surface area contributed by atoms with Crippen LogP contribution in [0.3, 0.4) is 0 Å². The van der Waals surface area contributed by atoms with Crippen LogP contribution in [0.4, 0.5) is 4.39 Å². The molecule has 0 saturated heterocycles. The Morgan fingerprint density at radius 2 is 2.29 bits per heavy atom. The highest BCUT2D eigenvalue weighted by atomic mass is 19.1. The summed E-state index contributed by atoms with van der Waals surface area (Å²) in [5.74, 6) is 6.13. The zero-order valence-electron chi connectivity index (χ0n) is 12.3. The van der Waals surface area contributed by atoms with Crippen molar-refractivity contribution < 1.29 is 9.13 Å². The fourth-order valence-corrected chi connectivity index (χ4v) is 2.41. The molecule has 1 aromatic heterocycles. The zero-order valence-corrected chi connectivity index (χ0v) is 12.3. The molecule has 0 aliphatic carbocycles. The smallest absolute Gasteiger partial charge is 0.161 e. The lowest BCUT2D eigenvalue weighted by atomic mass is 10.0. The fraction of sp³-hybridized carbons (Fsp3) is 0.400. The molecule has 0 bridgehead atoms. The summed E-state index contributed by atoms with van der Waals surface area (Å²) in [6, 6.07) is 6.31.